The molecule has 20 heavy (non-hydrogen) atoms. The zero-order chi connectivity index (χ0) is 14.7. The Balaban J connectivity index is 2.21. The number of aromatic nitrogens is 2. The quantitative estimate of drug-likeness (QED) is 0.843. The zero-order valence-corrected chi connectivity index (χ0v) is 12.5. The molecule has 0 saturated heterocycles. The number of furan rings is 1. The lowest BCUT2D eigenvalue weighted by Gasteiger charge is -2.24. The van der Waals surface area contributed by atoms with Crippen molar-refractivity contribution in [3.63, 3.8) is 0 Å². The lowest BCUT2D eigenvalue weighted by Crippen LogP contribution is -2.34. The Morgan fingerprint density at radius 2 is 2.25 bits per heavy atom. The smallest absolute Gasteiger partial charge is 0.272 e. The molecule has 0 N–H and O–H groups in total. The lowest BCUT2D eigenvalue weighted by atomic mass is 10.1. The van der Waals surface area contributed by atoms with Gasteiger partial charge in [0.25, 0.3) is 5.91 Å². The van der Waals surface area contributed by atoms with Crippen LogP contribution in [0.1, 0.15) is 35.6 Å². The van der Waals surface area contributed by atoms with Crippen LogP contribution in [0.15, 0.2) is 29.1 Å². The minimum absolute atomic E-state index is 0.00278. The predicted octanol–water partition coefficient (Wildman–Crippen LogP) is 2.62. The van der Waals surface area contributed by atoms with Crippen molar-refractivity contribution in [2.45, 2.75) is 27.3 Å². The van der Waals surface area contributed by atoms with Gasteiger partial charge in [-0.1, -0.05) is 13.8 Å². The van der Waals surface area contributed by atoms with E-state index in [1.54, 1.807) is 24.3 Å². The monoisotopic (exact) mass is 275 g/mol. The second-order valence-corrected chi connectivity index (χ2v) is 5.51. The summed E-state index contributed by atoms with van der Waals surface area (Å²) in [5.74, 6) is 0.406. The van der Waals surface area contributed by atoms with Crippen molar-refractivity contribution in [1.29, 1.82) is 0 Å². The van der Waals surface area contributed by atoms with Gasteiger partial charge in [0.1, 0.15) is 5.69 Å². The van der Waals surface area contributed by atoms with Crippen LogP contribution in [-0.2, 0) is 13.6 Å². The molecule has 0 aliphatic rings. The molecule has 0 aliphatic heterocycles. The van der Waals surface area contributed by atoms with Gasteiger partial charge in [0.15, 0.2) is 0 Å². The van der Waals surface area contributed by atoms with Crippen LogP contribution in [0.5, 0.6) is 0 Å². The maximum atomic E-state index is 12.7. The van der Waals surface area contributed by atoms with Crippen LogP contribution in [0.25, 0.3) is 0 Å². The fraction of sp³-hybridized carbons (Fsp3) is 0.467. The summed E-state index contributed by atoms with van der Waals surface area (Å²) in [5, 5.41) is 4.24. The maximum absolute atomic E-state index is 12.7. The van der Waals surface area contributed by atoms with Crippen molar-refractivity contribution in [3.05, 3.63) is 41.6 Å². The zero-order valence-electron chi connectivity index (χ0n) is 12.5. The summed E-state index contributed by atoms with van der Waals surface area (Å²) in [5.41, 5.74) is 2.47. The highest BCUT2D eigenvalue weighted by atomic mass is 16.3. The number of rotatable bonds is 5. The molecular weight excluding hydrogens is 254 g/mol. The third kappa shape index (κ3) is 3.29. The number of aryl methyl sites for hydroxylation is 2. The first-order valence-corrected chi connectivity index (χ1v) is 6.78. The first-order valence-electron chi connectivity index (χ1n) is 6.78. The van der Waals surface area contributed by atoms with E-state index < -0.39 is 0 Å². The van der Waals surface area contributed by atoms with Gasteiger partial charge in [0.05, 0.1) is 18.2 Å². The number of nitrogens with zero attached hydrogens (tertiary/aromatic N) is 3. The normalized spacial score (nSPS) is 11.1. The number of carbonyl (C=O) groups is 1. The molecule has 0 fully saturated rings. The summed E-state index contributed by atoms with van der Waals surface area (Å²) in [4.78, 5) is 14.5. The van der Waals surface area contributed by atoms with E-state index in [0.717, 1.165) is 11.3 Å². The molecule has 0 saturated carbocycles. The molecule has 5 heteroatoms. The fourth-order valence-corrected chi connectivity index (χ4v) is 2.24. The van der Waals surface area contributed by atoms with Crippen LogP contribution in [0.4, 0.5) is 0 Å². The van der Waals surface area contributed by atoms with Gasteiger partial charge in [0.2, 0.25) is 0 Å². The van der Waals surface area contributed by atoms with Crippen molar-refractivity contribution >= 4 is 5.91 Å². The number of amides is 1. The summed E-state index contributed by atoms with van der Waals surface area (Å²) >= 11 is 0. The SMILES string of the molecule is Cc1cc(C(=O)N(Cc2ccoc2)CC(C)C)n(C)n1. The highest BCUT2D eigenvalue weighted by molar-refractivity contribution is 5.92. The van der Waals surface area contributed by atoms with E-state index in [1.165, 1.54) is 0 Å². The van der Waals surface area contributed by atoms with E-state index >= 15 is 0 Å². The number of hydrogen-bond donors (Lipinski definition) is 0. The lowest BCUT2D eigenvalue weighted by molar-refractivity contribution is 0.0711. The van der Waals surface area contributed by atoms with Crippen LogP contribution < -0.4 is 0 Å². The van der Waals surface area contributed by atoms with Crippen molar-refractivity contribution in [2.24, 2.45) is 13.0 Å². The molecule has 0 bridgehead atoms. The third-order valence-corrected chi connectivity index (χ3v) is 3.05. The van der Waals surface area contributed by atoms with Crippen LogP contribution in [0, 0.1) is 12.8 Å². The first-order chi connectivity index (χ1) is 9.47. The minimum atomic E-state index is 0.00278. The van der Waals surface area contributed by atoms with Gasteiger partial charge in [-0.05, 0) is 25.0 Å². The van der Waals surface area contributed by atoms with Crippen LogP contribution in [0.2, 0.25) is 0 Å². The van der Waals surface area contributed by atoms with Gasteiger partial charge < -0.3 is 9.32 Å². The van der Waals surface area contributed by atoms with Crippen molar-refractivity contribution in [2.75, 3.05) is 6.54 Å². The molecule has 2 rings (SSSR count). The van der Waals surface area contributed by atoms with Gasteiger partial charge in [0, 0.05) is 25.7 Å². The van der Waals surface area contributed by atoms with Crippen molar-refractivity contribution in [1.82, 2.24) is 14.7 Å². The number of hydrogen-bond acceptors (Lipinski definition) is 3. The largest absolute Gasteiger partial charge is 0.472 e. The average molecular weight is 275 g/mol. The molecule has 0 spiro atoms. The van der Waals surface area contributed by atoms with Crippen LogP contribution in [0.3, 0.4) is 0 Å². The molecule has 0 atom stereocenters. The summed E-state index contributed by atoms with van der Waals surface area (Å²) in [7, 11) is 1.80. The summed E-state index contributed by atoms with van der Waals surface area (Å²) in [6.07, 6.45) is 3.30. The van der Waals surface area contributed by atoms with E-state index in [1.807, 2.05) is 24.0 Å². The second kappa shape index (κ2) is 5.94. The molecule has 108 valence electrons. The Kier molecular flexibility index (Phi) is 4.27. The topological polar surface area (TPSA) is 51.3 Å². The van der Waals surface area contributed by atoms with Crippen LogP contribution in [-0.4, -0.2) is 27.1 Å². The summed E-state index contributed by atoms with van der Waals surface area (Å²) in [6.45, 7) is 7.35. The molecule has 0 aliphatic carbocycles. The van der Waals surface area contributed by atoms with Gasteiger partial charge in [-0.25, -0.2) is 0 Å². The fourth-order valence-electron chi connectivity index (χ4n) is 2.24. The Labute approximate surface area is 119 Å². The van der Waals surface area contributed by atoms with Crippen molar-refractivity contribution < 1.29 is 9.21 Å². The summed E-state index contributed by atoms with van der Waals surface area (Å²) in [6, 6.07) is 3.71. The molecule has 2 heterocycles. The second-order valence-electron chi connectivity index (χ2n) is 5.51. The van der Waals surface area contributed by atoms with Crippen molar-refractivity contribution in [3.8, 4) is 0 Å². The highest BCUT2D eigenvalue weighted by Crippen LogP contribution is 2.13. The Hall–Kier alpha value is -2.04. The van der Waals surface area contributed by atoms with Gasteiger partial charge >= 0.3 is 0 Å². The van der Waals surface area contributed by atoms with Crippen LogP contribution >= 0.6 is 0 Å². The Bertz CT molecular complexity index is 570. The predicted molar refractivity (Wildman–Crippen MR) is 76.2 cm³/mol. The molecule has 0 aromatic carbocycles. The number of carbonyl (C=O) groups excluding carboxylic acids is 1. The summed E-state index contributed by atoms with van der Waals surface area (Å²) < 4.78 is 6.72. The van der Waals surface area contributed by atoms with Gasteiger partial charge in [-0.2, -0.15) is 5.10 Å². The standard InChI is InChI=1S/C15H21N3O2/c1-11(2)8-18(9-13-5-6-20-10-13)15(19)14-7-12(3)16-17(14)4/h5-7,10-11H,8-9H2,1-4H3. The van der Waals surface area contributed by atoms with E-state index in [0.29, 0.717) is 24.7 Å². The molecule has 5 nitrogen and oxygen atoms in total. The molecule has 0 radical (unpaired) electrons. The van der Waals surface area contributed by atoms with E-state index in [2.05, 4.69) is 18.9 Å². The van der Waals surface area contributed by atoms with Gasteiger partial charge in [-0.15, -0.1) is 0 Å². The van der Waals surface area contributed by atoms with E-state index in [4.69, 9.17) is 4.42 Å². The first kappa shape index (κ1) is 14.4. The Morgan fingerprint density at radius 1 is 1.50 bits per heavy atom. The molecule has 2 aromatic heterocycles. The molecule has 2 aromatic rings. The van der Waals surface area contributed by atoms with E-state index in [-0.39, 0.29) is 5.91 Å². The average Bonchev–Trinajstić information content (AvgIpc) is 2.96. The Morgan fingerprint density at radius 3 is 2.75 bits per heavy atom. The maximum Gasteiger partial charge on any atom is 0.272 e. The molecule has 0 unspecified atom stereocenters. The third-order valence-electron chi connectivity index (χ3n) is 3.05. The molecule has 1 amide bonds. The highest BCUT2D eigenvalue weighted by Gasteiger charge is 2.21. The van der Waals surface area contributed by atoms with Gasteiger partial charge in [-0.3, -0.25) is 9.48 Å². The molecular formula is C15H21N3O2. The van der Waals surface area contributed by atoms with E-state index in [9.17, 15) is 4.79 Å². The minimum Gasteiger partial charge on any atom is -0.472 e.